The molecule has 1 amide bonds. The highest BCUT2D eigenvalue weighted by Gasteiger charge is 2.35. The molecule has 246 valence electrons. The number of carbonyl (C=O) groups excluding carboxylic acids is 2. The largest absolute Gasteiger partial charge is 0.458 e. The van der Waals surface area contributed by atoms with E-state index < -0.39 is 15.4 Å². The highest BCUT2D eigenvalue weighted by Crippen LogP contribution is 2.38. The van der Waals surface area contributed by atoms with Crippen LogP contribution in [0.15, 0.2) is 42.6 Å². The summed E-state index contributed by atoms with van der Waals surface area (Å²) in [6.07, 6.45) is 5.15. The Morgan fingerprint density at radius 3 is 2.02 bits per heavy atom. The zero-order valence-electron chi connectivity index (χ0n) is 25.8. The predicted octanol–water partition coefficient (Wildman–Crippen LogP) is 6.83. The van der Waals surface area contributed by atoms with Crippen molar-refractivity contribution in [1.82, 2.24) is 9.97 Å². The molecule has 0 saturated carbocycles. The van der Waals surface area contributed by atoms with Crippen molar-refractivity contribution in [2.24, 2.45) is 0 Å². The third kappa shape index (κ3) is 8.43. The van der Waals surface area contributed by atoms with E-state index in [0.717, 1.165) is 37.2 Å². The molecule has 3 heterocycles. The second-order valence-corrected chi connectivity index (χ2v) is 12.7. The Morgan fingerprint density at radius 2 is 1.50 bits per heavy atom. The first kappa shape index (κ1) is 34.4. The molecule has 0 radical (unpaired) electrons. The van der Waals surface area contributed by atoms with Crippen molar-refractivity contribution >= 4 is 63.8 Å². The predicted molar refractivity (Wildman–Crippen MR) is 175 cm³/mol. The number of esters is 1. The van der Waals surface area contributed by atoms with Gasteiger partial charge in [-0.25, -0.2) is 9.78 Å². The molecule has 2 saturated heterocycles. The number of nitrogens with one attached hydrogen (secondary N) is 2. The second-order valence-electron chi connectivity index (χ2n) is 11.9. The number of imidazole rings is 1. The molecule has 0 aliphatic carbocycles. The smallest absolute Gasteiger partial charge is 0.329 e. The van der Waals surface area contributed by atoms with Gasteiger partial charge in [0.25, 0.3) is 11.4 Å². The summed E-state index contributed by atoms with van der Waals surface area (Å²) in [5.41, 5.74) is 1.61. The molecule has 2 N–H and O–H groups in total. The highest BCUT2D eigenvalue weighted by molar-refractivity contribution is 6.33. The molecule has 2 fully saturated rings. The van der Waals surface area contributed by atoms with Gasteiger partial charge < -0.3 is 19.5 Å². The van der Waals surface area contributed by atoms with E-state index in [2.05, 4.69) is 20.2 Å². The summed E-state index contributed by atoms with van der Waals surface area (Å²) in [5, 5.41) is 24.5. The number of nitro benzene ring substituents is 2. The molecule has 0 spiro atoms. The number of ether oxygens (including phenoxy) is 1. The Hall–Kier alpha value is -4.43. The number of hydrogen-bond acceptors (Lipinski definition) is 10. The first-order valence-electron chi connectivity index (χ1n) is 14.6. The molecule has 2 aromatic carbocycles. The molecular formula is C30H35Cl2N7O7. The van der Waals surface area contributed by atoms with Crippen molar-refractivity contribution < 1.29 is 24.2 Å². The van der Waals surface area contributed by atoms with E-state index in [-0.39, 0.29) is 45.4 Å². The number of anilines is 3. The number of benzene rings is 2. The van der Waals surface area contributed by atoms with Crippen LogP contribution in [0.3, 0.4) is 0 Å². The Morgan fingerprint density at radius 1 is 0.957 bits per heavy atom. The van der Waals surface area contributed by atoms with Crippen molar-refractivity contribution in [2.45, 2.75) is 71.1 Å². The Balaban J connectivity index is 0.000000210. The maximum atomic E-state index is 12.3. The fourth-order valence-electron chi connectivity index (χ4n) is 5.47. The number of aromatic nitrogens is 2. The summed E-state index contributed by atoms with van der Waals surface area (Å²) in [6, 6.07) is 8.92. The summed E-state index contributed by atoms with van der Waals surface area (Å²) in [4.78, 5) is 55.4. The highest BCUT2D eigenvalue weighted by atomic mass is 35.5. The number of halogens is 2. The van der Waals surface area contributed by atoms with Gasteiger partial charge in [-0.2, -0.15) is 0 Å². The second kappa shape index (κ2) is 14.3. The van der Waals surface area contributed by atoms with Gasteiger partial charge in [0, 0.05) is 43.5 Å². The van der Waals surface area contributed by atoms with E-state index in [0.29, 0.717) is 24.6 Å². The Kier molecular flexibility index (Phi) is 10.7. The third-order valence-electron chi connectivity index (χ3n) is 7.35. The van der Waals surface area contributed by atoms with Gasteiger partial charge >= 0.3 is 5.97 Å². The minimum Gasteiger partial charge on any atom is -0.458 e. The van der Waals surface area contributed by atoms with Gasteiger partial charge in [0.05, 0.1) is 27.8 Å². The van der Waals surface area contributed by atoms with Gasteiger partial charge in [0.2, 0.25) is 11.9 Å². The quantitative estimate of drug-likeness (QED) is 0.153. The van der Waals surface area contributed by atoms with Crippen LogP contribution in [-0.2, 0) is 14.3 Å². The van der Waals surface area contributed by atoms with Gasteiger partial charge in [-0.15, -0.1) is 0 Å². The summed E-state index contributed by atoms with van der Waals surface area (Å²) in [7, 11) is 0. The molecule has 2 aliphatic heterocycles. The van der Waals surface area contributed by atoms with Crippen LogP contribution >= 0.6 is 23.2 Å². The Bertz CT molecular complexity index is 1630. The Labute approximate surface area is 275 Å². The number of rotatable bonds is 7. The minimum atomic E-state index is -0.543. The maximum Gasteiger partial charge on any atom is 0.329 e. The maximum absolute atomic E-state index is 12.3. The van der Waals surface area contributed by atoms with Crippen LogP contribution in [0.4, 0.5) is 28.7 Å². The van der Waals surface area contributed by atoms with Crippen LogP contribution in [0.1, 0.15) is 65.1 Å². The molecule has 46 heavy (non-hydrogen) atoms. The summed E-state index contributed by atoms with van der Waals surface area (Å²) < 4.78 is 5.44. The SMILES string of the molecule is CC(=O)Nc1ncc([C@@H]2CCCN2c2ccc([N+](=O)[O-])c(Cl)c2)[nH]1.CC(C)(C)OC(=O)[C@@H]1CCCN1c1ccc([N+](=O)[O-])c(Cl)c1. The van der Waals surface area contributed by atoms with Gasteiger partial charge in [-0.05, 0) is 70.7 Å². The summed E-state index contributed by atoms with van der Waals surface area (Å²) in [6.45, 7) is 8.40. The number of H-pyrrole nitrogens is 1. The molecule has 16 heteroatoms. The number of amides is 1. The van der Waals surface area contributed by atoms with Crippen molar-refractivity contribution in [3.05, 3.63) is 78.6 Å². The third-order valence-corrected chi connectivity index (χ3v) is 7.96. The topological polar surface area (TPSA) is 177 Å². The normalized spacial score (nSPS) is 17.7. The number of aromatic amines is 1. The molecular weight excluding hydrogens is 641 g/mol. The fourth-order valence-corrected chi connectivity index (χ4v) is 5.96. The summed E-state index contributed by atoms with van der Waals surface area (Å²) >= 11 is 12.0. The molecule has 1 aromatic heterocycles. The molecule has 2 aliphatic rings. The monoisotopic (exact) mass is 675 g/mol. The lowest BCUT2D eigenvalue weighted by Gasteiger charge is -2.28. The minimum absolute atomic E-state index is 0.0533. The van der Waals surface area contributed by atoms with Crippen molar-refractivity contribution in [3.8, 4) is 0 Å². The van der Waals surface area contributed by atoms with Crippen LogP contribution in [0.5, 0.6) is 0 Å². The van der Waals surface area contributed by atoms with Gasteiger partial charge in [0.1, 0.15) is 21.7 Å². The van der Waals surface area contributed by atoms with Crippen molar-refractivity contribution in [1.29, 1.82) is 0 Å². The lowest BCUT2D eigenvalue weighted by atomic mass is 10.1. The number of carbonyl (C=O) groups is 2. The first-order chi connectivity index (χ1) is 21.6. The molecule has 2 atom stereocenters. The average Bonchev–Trinajstić information content (AvgIpc) is 3.72. The van der Waals surface area contributed by atoms with E-state index in [9.17, 15) is 29.8 Å². The van der Waals surface area contributed by atoms with E-state index in [1.807, 2.05) is 25.7 Å². The van der Waals surface area contributed by atoms with Crippen molar-refractivity contribution in [3.63, 3.8) is 0 Å². The van der Waals surface area contributed by atoms with E-state index in [1.54, 1.807) is 24.4 Å². The fraction of sp³-hybridized carbons (Fsp3) is 0.433. The van der Waals surface area contributed by atoms with E-state index in [4.69, 9.17) is 27.9 Å². The first-order valence-corrected chi connectivity index (χ1v) is 15.4. The van der Waals surface area contributed by atoms with Gasteiger partial charge in [0.15, 0.2) is 0 Å². The standard InChI is InChI=1S/C15H16ClN5O3.C15H19ClN2O4/c1-9(22)18-15-17-8-12(19-15)14-3-2-6-20(14)10-4-5-13(21(23)24)11(16)7-10;1-15(2,3)22-14(19)13-5-4-8-17(13)10-6-7-12(18(20)21)11(16)9-10/h4-5,7-8,14H,2-3,6H2,1H3,(H2,17,18,19,22);6-7,9,13H,4-5,8H2,1-3H3/t14-;13-/m00/s1. The lowest BCUT2D eigenvalue weighted by Crippen LogP contribution is -2.40. The number of nitrogens with zero attached hydrogens (tertiary/aromatic N) is 5. The molecule has 3 aromatic rings. The van der Waals surface area contributed by atoms with Crippen LogP contribution < -0.4 is 15.1 Å². The van der Waals surface area contributed by atoms with E-state index in [1.165, 1.54) is 25.1 Å². The van der Waals surface area contributed by atoms with Crippen LogP contribution in [0.2, 0.25) is 10.0 Å². The lowest BCUT2D eigenvalue weighted by molar-refractivity contribution is -0.384. The van der Waals surface area contributed by atoms with Crippen LogP contribution in [-0.4, -0.2) is 56.4 Å². The van der Waals surface area contributed by atoms with E-state index >= 15 is 0 Å². The average molecular weight is 677 g/mol. The summed E-state index contributed by atoms with van der Waals surface area (Å²) in [5.74, 6) is -0.0631. The number of nitro groups is 2. The van der Waals surface area contributed by atoms with Gasteiger partial charge in [-0.3, -0.25) is 30.3 Å². The number of hydrogen-bond donors (Lipinski definition) is 2. The van der Waals surface area contributed by atoms with Crippen molar-refractivity contribution in [2.75, 3.05) is 28.2 Å². The zero-order chi connectivity index (χ0) is 33.8. The molecule has 0 unspecified atom stereocenters. The van der Waals surface area contributed by atoms with Gasteiger partial charge in [-0.1, -0.05) is 23.2 Å². The molecule has 14 nitrogen and oxygen atoms in total. The molecule has 0 bridgehead atoms. The van der Waals surface area contributed by atoms with Crippen LogP contribution in [0, 0.1) is 20.2 Å². The molecule has 5 rings (SSSR count). The zero-order valence-corrected chi connectivity index (χ0v) is 27.3. The van der Waals surface area contributed by atoms with Crippen LogP contribution in [0.25, 0.3) is 0 Å².